The highest BCUT2D eigenvalue weighted by molar-refractivity contribution is 6.09. The fraction of sp³-hybridized carbons (Fsp3) is 0.133. The minimum absolute atomic E-state index is 0.0257. The maximum Gasteiger partial charge on any atom is 0.196 e. The van der Waals surface area contributed by atoms with Crippen molar-refractivity contribution in [2.75, 3.05) is 14.2 Å². The predicted molar refractivity (Wildman–Crippen MR) is 69.4 cm³/mol. The van der Waals surface area contributed by atoms with Gasteiger partial charge in [0, 0.05) is 11.6 Å². The summed E-state index contributed by atoms with van der Waals surface area (Å²) in [7, 11) is 2.98. The lowest BCUT2D eigenvalue weighted by molar-refractivity contribution is 0.103. The molecule has 0 saturated heterocycles. The second-order valence-corrected chi connectivity index (χ2v) is 3.91. The molecule has 0 fully saturated rings. The molecule has 19 heavy (non-hydrogen) atoms. The standard InChI is InChI=1S/C15H13FO3/c1-18-11-7-10(8-12(9-11)19-2)15(17)13-5-3-4-6-14(13)16/h3-9H,1-2H3. The van der Waals surface area contributed by atoms with Gasteiger partial charge in [-0.25, -0.2) is 4.39 Å². The molecule has 2 aromatic rings. The van der Waals surface area contributed by atoms with Gasteiger partial charge in [-0.3, -0.25) is 4.79 Å². The first-order valence-electron chi connectivity index (χ1n) is 5.68. The molecule has 2 rings (SSSR count). The van der Waals surface area contributed by atoms with E-state index in [-0.39, 0.29) is 5.56 Å². The highest BCUT2D eigenvalue weighted by Gasteiger charge is 2.15. The van der Waals surface area contributed by atoms with E-state index in [0.717, 1.165) is 0 Å². The van der Waals surface area contributed by atoms with Crippen LogP contribution in [0, 0.1) is 5.82 Å². The fourth-order valence-electron chi connectivity index (χ4n) is 1.74. The molecule has 0 N–H and O–H groups in total. The molecule has 0 aliphatic rings. The Balaban J connectivity index is 2.47. The van der Waals surface area contributed by atoms with E-state index < -0.39 is 11.6 Å². The Morgan fingerprint density at radius 3 is 2.11 bits per heavy atom. The van der Waals surface area contributed by atoms with Crippen LogP contribution in [0.15, 0.2) is 42.5 Å². The van der Waals surface area contributed by atoms with Crippen molar-refractivity contribution >= 4 is 5.78 Å². The number of methoxy groups -OCH3 is 2. The molecule has 0 atom stereocenters. The van der Waals surface area contributed by atoms with Gasteiger partial charge < -0.3 is 9.47 Å². The Kier molecular flexibility index (Phi) is 3.80. The minimum atomic E-state index is -0.547. The number of hydrogen-bond donors (Lipinski definition) is 0. The van der Waals surface area contributed by atoms with Crippen LogP contribution in [0.1, 0.15) is 15.9 Å². The summed E-state index contributed by atoms with van der Waals surface area (Å²) in [5, 5.41) is 0. The summed E-state index contributed by atoms with van der Waals surface area (Å²) in [6.45, 7) is 0. The lowest BCUT2D eigenvalue weighted by Gasteiger charge is -2.08. The Morgan fingerprint density at radius 2 is 1.58 bits per heavy atom. The van der Waals surface area contributed by atoms with Gasteiger partial charge in [-0.15, -0.1) is 0 Å². The number of ketones is 1. The number of benzene rings is 2. The van der Waals surface area contributed by atoms with Crippen LogP contribution in [0.2, 0.25) is 0 Å². The Morgan fingerprint density at radius 1 is 1.00 bits per heavy atom. The average Bonchev–Trinajstić information content (AvgIpc) is 2.46. The van der Waals surface area contributed by atoms with E-state index in [1.165, 1.54) is 32.4 Å². The average molecular weight is 260 g/mol. The summed E-state index contributed by atoms with van der Waals surface area (Å²) in [6.07, 6.45) is 0. The SMILES string of the molecule is COc1cc(OC)cc(C(=O)c2ccccc2F)c1. The maximum atomic E-state index is 13.6. The molecular formula is C15H13FO3. The summed E-state index contributed by atoms with van der Waals surface area (Å²) in [4.78, 5) is 12.3. The smallest absolute Gasteiger partial charge is 0.196 e. The van der Waals surface area contributed by atoms with E-state index in [2.05, 4.69) is 0 Å². The first-order valence-corrected chi connectivity index (χ1v) is 5.68. The van der Waals surface area contributed by atoms with Gasteiger partial charge >= 0.3 is 0 Å². The van der Waals surface area contributed by atoms with Crippen molar-refractivity contribution in [2.45, 2.75) is 0 Å². The van der Waals surface area contributed by atoms with Gasteiger partial charge in [0.2, 0.25) is 0 Å². The van der Waals surface area contributed by atoms with E-state index in [9.17, 15) is 9.18 Å². The van der Waals surface area contributed by atoms with Crippen molar-refractivity contribution in [3.63, 3.8) is 0 Å². The molecule has 0 bridgehead atoms. The second-order valence-electron chi connectivity index (χ2n) is 3.91. The summed E-state index contributed by atoms with van der Waals surface area (Å²) < 4.78 is 23.8. The number of rotatable bonds is 4. The third-order valence-corrected chi connectivity index (χ3v) is 2.73. The van der Waals surface area contributed by atoms with E-state index in [4.69, 9.17) is 9.47 Å². The van der Waals surface area contributed by atoms with Gasteiger partial charge in [0.25, 0.3) is 0 Å². The first-order chi connectivity index (χ1) is 9.15. The normalized spacial score (nSPS) is 10.1. The lowest BCUT2D eigenvalue weighted by Crippen LogP contribution is -2.05. The molecule has 98 valence electrons. The number of hydrogen-bond acceptors (Lipinski definition) is 3. The third-order valence-electron chi connectivity index (χ3n) is 2.73. The fourth-order valence-corrected chi connectivity index (χ4v) is 1.74. The minimum Gasteiger partial charge on any atom is -0.497 e. The summed E-state index contributed by atoms with van der Waals surface area (Å²) >= 11 is 0. The molecule has 0 aliphatic heterocycles. The van der Waals surface area contributed by atoms with Gasteiger partial charge in [-0.1, -0.05) is 12.1 Å². The highest BCUT2D eigenvalue weighted by atomic mass is 19.1. The molecule has 0 aromatic heterocycles. The molecule has 0 heterocycles. The van der Waals surface area contributed by atoms with Gasteiger partial charge in [0.05, 0.1) is 19.8 Å². The summed E-state index contributed by atoms with van der Waals surface area (Å²) in [5.41, 5.74) is 0.346. The zero-order valence-electron chi connectivity index (χ0n) is 10.6. The third kappa shape index (κ3) is 2.73. The molecule has 0 aliphatic carbocycles. The summed E-state index contributed by atoms with van der Waals surface area (Å²) in [6, 6.07) is 10.6. The van der Waals surface area contributed by atoms with Crippen molar-refractivity contribution in [1.82, 2.24) is 0 Å². The monoisotopic (exact) mass is 260 g/mol. The van der Waals surface area contributed by atoms with Crippen LogP contribution >= 0.6 is 0 Å². The van der Waals surface area contributed by atoms with Crippen LogP contribution in [0.5, 0.6) is 11.5 Å². The topological polar surface area (TPSA) is 35.5 Å². The largest absolute Gasteiger partial charge is 0.497 e. The van der Waals surface area contributed by atoms with Crippen molar-refractivity contribution in [3.8, 4) is 11.5 Å². The molecular weight excluding hydrogens is 247 g/mol. The second kappa shape index (κ2) is 5.52. The molecule has 4 heteroatoms. The molecule has 2 aromatic carbocycles. The van der Waals surface area contributed by atoms with Crippen LogP contribution in [0.3, 0.4) is 0 Å². The number of carbonyl (C=O) groups excluding carboxylic acids is 1. The van der Waals surface area contributed by atoms with Gasteiger partial charge in [0.15, 0.2) is 5.78 Å². The lowest BCUT2D eigenvalue weighted by atomic mass is 10.0. The molecule has 0 unspecified atom stereocenters. The molecule has 0 amide bonds. The van der Waals surface area contributed by atoms with Crippen LogP contribution in [0.25, 0.3) is 0 Å². The van der Waals surface area contributed by atoms with E-state index in [1.54, 1.807) is 24.3 Å². The van der Waals surface area contributed by atoms with Gasteiger partial charge in [0.1, 0.15) is 17.3 Å². The Bertz CT molecular complexity index is 586. The van der Waals surface area contributed by atoms with Crippen LogP contribution in [-0.2, 0) is 0 Å². The van der Waals surface area contributed by atoms with Crippen molar-refractivity contribution in [2.24, 2.45) is 0 Å². The molecule has 0 radical (unpaired) electrons. The Labute approximate surface area is 110 Å². The quantitative estimate of drug-likeness (QED) is 0.792. The number of ether oxygens (including phenoxy) is 2. The van der Waals surface area contributed by atoms with Gasteiger partial charge in [-0.2, -0.15) is 0 Å². The zero-order valence-corrected chi connectivity index (χ0v) is 10.6. The van der Waals surface area contributed by atoms with E-state index in [0.29, 0.717) is 17.1 Å². The maximum absolute atomic E-state index is 13.6. The Hall–Kier alpha value is -2.36. The predicted octanol–water partition coefficient (Wildman–Crippen LogP) is 3.07. The van der Waals surface area contributed by atoms with E-state index >= 15 is 0 Å². The van der Waals surface area contributed by atoms with Crippen molar-refractivity contribution < 1.29 is 18.7 Å². The highest BCUT2D eigenvalue weighted by Crippen LogP contribution is 2.24. The van der Waals surface area contributed by atoms with Crippen LogP contribution in [0.4, 0.5) is 4.39 Å². The molecule has 0 saturated carbocycles. The zero-order chi connectivity index (χ0) is 13.8. The first kappa shape index (κ1) is 13.1. The van der Waals surface area contributed by atoms with Gasteiger partial charge in [-0.05, 0) is 24.3 Å². The summed E-state index contributed by atoms with van der Waals surface area (Å²) in [5.74, 6) is 0.0164. The number of carbonyl (C=O) groups is 1. The number of halogens is 1. The van der Waals surface area contributed by atoms with Crippen molar-refractivity contribution in [1.29, 1.82) is 0 Å². The molecule has 3 nitrogen and oxygen atoms in total. The van der Waals surface area contributed by atoms with Crippen LogP contribution in [-0.4, -0.2) is 20.0 Å². The van der Waals surface area contributed by atoms with E-state index in [1.807, 2.05) is 0 Å². The van der Waals surface area contributed by atoms with Crippen molar-refractivity contribution in [3.05, 3.63) is 59.4 Å². The molecule has 0 spiro atoms. The van der Waals surface area contributed by atoms with Crippen LogP contribution < -0.4 is 9.47 Å².